The van der Waals surface area contributed by atoms with Gasteiger partial charge >= 0.3 is 0 Å². The normalized spacial score (nSPS) is 10.5. The van der Waals surface area contributed by atoms with E-state index in [4.69, 9.17) is 16.3 Å². The van der Waals surface area contributed by atoms with Crippen LogP contribution in [0.1, 0.15) is 12.5 Å². The summed E-state index contributed by atoms with van der Waals surface area (Å²) in [6.45, 7) is 4.12. The Kier molecular flexibility index (Phi) is 6.11. The fraction of sp³-hybridized carbons (Fsp3) is 0.190. The van der Waals surface area contributed by atoms with Crippen LogP contribution in [0, 0.1) is 6.92 Å². The second-order valence-electron chi connectivity index (χ2n) is 6.13. The van der Waals surface area contributed by atoms with E-state index in [2.05, 4.69) is 10.4 Å². The number of ether oxygens (including phenoxy) is 1. The van der Waals surface area contributed by atoms with Crippen LogP contribution in [0.3, 0.4) is 0 Å². The second kappa shape index (κ2) is 8.71. The smallest absolute Gasteiger partial charge is 0.267 e. The summed E-state index contributed by atoms with van der Waals surface area (Å²) >= 11 is 6.07. The monoisotopic (exact) mass is 397 g/mol. The lowest BCUT2D eigenvalue weighted by molar-refractivity contribution is -0.117. The molecule has 0 unspecified atom stereocenters. The Hall–Kier alpha value is -3.12. The molecule has 28 heavy (non-hydrogen) atoms. The van der Waals surface area contributed by atoms with Crippen molar-refractivity contribution >= 4 is 23.2 Å². The molecule has 0 fully saturated rings. The molecule has 3 aromatic rings. The van der Waals surface area contributed by atoms with E-state index < -0.39 is 0 Å². The first-order valence-electron chi connectivity index (χ1n) is 8.84. The van der Waals surface area contributed by atoms with Crippen molar-refractivity contribution in [3.8, 4) is 17.0 Å². The summed E-state index contributed by atoms with van der Waals surface area (Å²) in [7, 11) is 0. The van der Waals surface area contributed by atoms with Crippen molar-refractivity contribution in [1.82, 2.24) is 9.78 Å². The van der Waals surface area contributed by atoms with Gasteiger partial charge in [-0.05, 0) is 61.9 Å². The topological polar surface area (TPSA) is 73.2 Å². The highest BCUT2D eigenvalue weighted by Crippen LogP contribution is 2.23. The molecule has 6 nitrogen and oxygen atoms in total. The molecule has 1 aromatic heterocycles. The molecule has 0 aliphatic rings. The predicted octanol–water partition coefficient (Wildman–Crippen LogP) is 3.91. The molecule has 1 amide bonds. The van der Waals surface area contributed by atoms with Gasteiger partial charge in [0.2, 0.25) is 5.91 Å². The average molecular weight is 398 g/mol. The Labute approximate surface area is 167 Å². The van der Waals surface area contributed by atoms with Gasteiger partial charge in [0, 0.05) is 22.3 Å². The Bertz CT molecular complexity index is 1050. The molecule has 3 rings (SSSR count). The molecule has 0 saturated carbocycles. The van der Waals surface area contributed by atoms with Gasteiger partial charge in [-0.25, -0.2) is 4.68 Å². The summed E-state index contributed by atoms with van der Waals surface area (Å²) in [5.41, 5.74) is 2.43. The minimum Gasteiger partial charge on any atom is -0.494 e. The van der Waals surface area contributed by atoms with Crippen LogP contribution in [0.15, 0.2) is 59.4 Å². The molecular formula is C21H20ClN3O3. The number of benzene rings is 2. The van der Waals surface area contributed by atoms with E-state index in [9.17, 15) is 9.59 Å². The van der Waals surface area contributed by atoms with Gasteiger partial charge in [-0.2, -0.15) is 5.10 Å². The van der Waals surface area contributed by atoms with Crippen molar-refractivity contribution in [3.63, 3.8) is 0 Å². The van der Waals surface area contributed by atoms with Gasteiger partial charge in [-0.15, -0.1) is 0 Å². The standard InChI is InChI=1S/C21H20ClN3O3/c1-3-28-16-9-7-15(8-10-16)19-11-12-21(27)25(24-19)13-20(26)23-18-6-4-5-17(22)14(18)2/h4-12H,3,13H2,1-2H3,(H,23,26). The van der Waals surface area contributed by atoms with Crippen LogP contribution in [0.5, 0.6) is 5.75 Å². The number of halogens is 1. The largest absolute Gasteiger partial charge is 0.494 e. The lowest BCUT2D eigenvalue weighted by Gasteiger charge is -2.11. The van der Waals surface area contributed by atoms with Crippen molar-refractivity contribution in [1.29, 1.82) is 0 Å². The van der Waals surface area contributed by atoms with E-state index in [0.29, 0.717) is 23.0 Å². The van der Waals surface area contributed by atoms with Crippen molar-refractivity contribution in [2.24, 2.45) is 0 Å². The first-order valence-corrected chi connectivity index (χ1v) is 9.22. The Morgan fingerprint density at radius 1 is 1.14 bits per heavy atom. The number of nitrogens with one attached hydrogen (secondary N) is 1. The van der Waals surface area contributed by atoms with E-state index >= 15 is 0 Å². The summed E-state index contributed by atoms with van der Waals surface area (Å²) in [6, 6.07) is 15.7. The van der Waals surface area contributed by atoms with E-state index in [1.54, 1.807) is 24.3 Å². The van der Waals surface area contributed by atoms with Gasteiger partial charge in [0.15, 0.2) is 0 Å². The third-order valence-corrected chi connectivity index (χ3v) is 4.57. The SMILES string of the molecule is CCOc1ccc(-c2ccc(=O)n(CC(=O)Nc3cccc(Cl)c3C)n2)cc1. The highest BCUT2D eigenvalue weighted by atomic mass is 35.5. The van der Waals surface area contributed by atoms with Crippen LogP contribution in [-0.2, 0) is 11.3 Å². The summed E-state index contributed by atoms with van der Waals surface area (Å²) in [5, 5.41) is 7.64. The number of hydrogen-bond acceptors (Lipinski definition) is 4. The summed E-state index contributed by atoms with van der Waals surface area (Å²) in [5.74, 6) is 0.402. The maximum absolute atomic E-state index is 12.4. The maximum atomic E-state index is 12.4. The van der Waals surface area contributed by atoms with Crippen LogP contribution in [0.4, 0.5) is 5.69 Å². The van der Waals surface area contributed by atoms with Gasteiger partial charge < -0.3 is 10.1 Å². The zero-order valence-electron chi connectivity index (χ0n) is 15.6. The molecular weight excluding hydrogens is 378 g/mol. The van der Waals surface area contributed by atoms with Gasteiger partial charge in [-0.3, -0.25) is 9.59 Å². The van der Waals surface area contributed by atoms with Gasteiger partial charge in [-0.1, -0.05) is 17.7 Å². The molecule has 0 bridgehead atoms. The molecule has 0 saturated heterocycles. The van der Waals surface area contributed by atoms with Crippen LogP contribution in [-0.4, -0.2) is 22.3 Å². The van der Waals surface area contributed by atoms with Crippen LogP contribution in [0.2, 0.25) is 5.02 Å². The van der Waals surface area contributed by atoms with Gasteiger partial charge in [0.25, 0.3) is 5.56 Å². The third kappa shape index (κ3) is 4.58. The Balaban J connectivity index is 1.78. The zero-order chi connectivity index (χ0) is 20.1. The molecule has 0 atom stereocenters. The quantitative estimate of drug-likeness (QED) is 0.684. The molecule has 1 N–H and O–H groups in total. The maximum Gasteiger partial charge on any atom is 0.267 e. The van der Waals surface area contributed by atoms with Gasteiger partial charge in [0.1, 0.15) is 12.3 Å². The minimum atomic E-state index is -0.358. The number of hydrogen-bond donors (Lipinski definition) is 1. The number of amides is 1. The lowest BCUT2D eigenvalue weighted by atomic mass is 10.1. The number of carbonyl (C=O) groups excluding carboxylic acids is 1. The van der Waals surface area contributed by atoms with Crippen LogP contribution < -0.4 is 15.6 Å². The fourth-order valence-electron chi connectivity index (χ4n) is 2.67. The molecule has 0 aliphatic heterocycles. The van der Waals surface area contributed by atoms with E-state index in [1.807, 2.05) is 38.1 Å². The summed E-state index contributed by atoms with van der Waals surface area (Å²) in [6.07, 6.45) is 0. The van der Waals surface area contributed by atoms with Crippen LogP contribution >= 0.6 is 11.6 Å². The average Bonchev–Trinajstić information content (AvgIpc) is 2.68. The second-order valence-corrected chi connectivity index (χ2v) is 6.54. The highest BCUT2D eigenvalue weighted by molar-refractivity contribution is 6.31. The molecule has 0 radical (unpaired) electrons. The minimum absolute atomic E-state index is 0.199. The molecule has 144 valence electrons. The molecule has 7 heteroatoms. The zero-order valence-corrected chi connectivity index (χ0v) is 16.4. The van der Waals surface area contributed by atoms with Gasteiger partial charge in [0.05, 0.1) is 12.3 Å². The number of anilines is 1. The Morgan fingerprint density at radius 3 is 2.61 bits per heavy atom. The van der Waals surface area contributed by atoms with E-state index in [-0.39, 0.29) is 18.0 Å². The molecule has 1 heterocycles. The first-order chi connectivity index (χ1) is 13.5. The van der Waals surface area contributed by atoms with E-state index in [1.165, 1.54) is 6.07 Å². The molecule has 0 aliphatic carbocycles. The lowest BCUT2D eigenvalue weighted by Crippen LogP contribution is -2.29. The Morgan fingerprint density at radius 2 is 1.89 bits per heavy atom. The number of nitrogens with zero attached hydrogens (tertiary/aromatic N) is 2. The highest BCUT2D eigenvalue weighted by Gasteiger charge is 2.10. The predicted molar refractivity (Wildman–Crippen MR) is 110 cm³/mol. The summed E-state index contributed by atoms with van der Waals surface area (Å²) in [4.78, 5) is 24.5. The first kappa shape index (κ1) is 19.6. The summed E-state index contributed by atoms with van der Waals surface area (Å²) < 4.78 is 6.57. The molecule has 2 aromatic carbocycles. The third-order valence-electron chi connectivity index (χ3n) is 4.16. The number of rotatable bonds is 6. The van der Waals surface area contributed by atoms with Crippen molar-refractivity contribution in [2.45, 2.75) is 20.4 Å². The van der Waals surface area contributed by atoms with Crippen molar-refractivity contribution in [2.75, 3.05) is 11.9 Å². The fourth-order valence-corrected chi connectivity index (χ4v) is 2.85. The van der Waals surface area contributed by atoms with E-state index in [0.717, 1.165) is 21.6 Å². The molecule has 0 spiro atoms. The number of aromatic nitrogens is 2. The van der Waals surface area contributed by atoms with Crippen molar-refractivity contribution in [3.05, 3.63) is 75.5 Å². The van der Waals surface area contributed by atoms with Crippen LogP contribution in [0.25, 0.3) is 11.3 Å². The number of carbonyl (C=O) groups is 1. The van der Waals surface area contributed by atoms with Crippen molar-refractivity contribution < 1.29 is 9.53 Å².